The molecule has 0 bridgehead atoms. The lowest BCUT2D eigenvalue weighted by Gasteiger charge is -2.05. The van der Waals surface area contributed by atoms with Crippen molar-refractivity contribution in [2.75, 3.05) is 6.54 Å². The van der Waals surface area contributed by atoms with Crippen LogP contribution in [0, 0.1) is 6.92 Å². The first-order chi connectivity index (χ1) is 5.65. The minimum absolute atomic E-state index is 0.130. The van der Waals surface area contributed by atoms with Crippen molar-refractivity contribution in [1.82, 2.24) is 0 Å². The summed E-state index contributed by atoms with van der Waals surface area (Å²) in [5, 5.41) is 9.67. The standard InChI is InChI=1S/C9H12ClNO/c1-6-4-8(10)9(12)5-7(6)2-3-11/h4-5,12H,2-3,11H2,1H3. The van der Waals surface area contributed by atoms with Gasteiger partial charge in [-0.25, -0.2) is 0 Å². The third-order valence-electron chi connectivity index (χ3n) is 1.82. The molecule has 0 fully saturated rings. The van der Waals surface area contributed by atoms with Crippen molar-refractivity contribution in [3.63, 3.8) is 0 Å². The Hall–Kier alpha value is -0.730. The SMILES string of the molecule is Cc1cc(Cl)c(O)cc1CCN. The minimum Gasteiger partial charge on any atom is -0.506 e. The van der Waals surface area contributed by atoms with Gasteiger partial charge >= 0.3 is 0 Å². The van der Waals surface area contributed by atoms with Gasteiger partial charge in [0.25, 0.3) is 0 Å². The zero-order valence-electron chi connectivity index (χ0n) is 6.97. The number of rotatable bonds is 2. The summed E-state index contributed by atoms with van der Waals surface area (Å²) in [5.74, 6) is 0.130. The third-order valence-corrected chi connectivity index (χ3v) is 2.12. The summed E-state index contributed by atoms with van der Waals surface area (Å²) in [6.07, 6.45) is 0.774. The molecule has 3 N–H and O–H groups in total. The molecule has 0 atom stereocenters. The number of nitrogens with two attached hydrogens (primary N) is 1. The van der Waals surface area contributed by atoms with Gasteiger partial charge in [0.1, 0.15) is 5.75 Å². The van der Waals surface area contributed by atoms with Gasteiger partial charge in [-0.05, 0) is 43.1 Å². The van der Waals surface area contributed by atoms with Crippen LogP contribution >= 0.6 is 11.6 Å². The lowest BCUT2D eigenvalue weighted by atomic mass is 10.1. The number of phenolic OH excluding ortho intramolecular Hbond substituents is 1. The number of aryl methyl sites for hydroxylation is 1. The molecule has 0 aromatic heterocycles. The summed E-state index contributed by atoms with van der Waals surface area (Å²) < 4.78 is 0. The van der Waals surface area contributed by atoms with Crippen LogP contribution in [0.5, 0.6) is 5.75 Å². The van der Waals surface area contributed by atoms with Gasteiger partial charge in [0, 0.05) is 0 Å². The van der Waals surface area contributed by atoms with Gasteiger partial charge in [0.15, 0.2) is 0 Å². The molecule has 0 aliphatic heterocycles. The Morgan fingerprint density at radius 1 is 1.50 bits per heavy atom. The third kappa shape index (κ3) is 1.90. The molecule has 1 aromatic rings. The Labute approximate surface area is 77.0 Å². The molecule has 0 aliphatic carbocycles. The Morgan fingerprint density at radius 2 is 2.17 bits per heavy atom. The van der Waals surface area contributed by atoms with E-state index >= 15 is 0 Å². The van der Waals surface area contributed by atoms with Crippen LogP contribution < -0.4 is 5.73 Å². The Morgan fingerprint density at radius 3 is 2.75 bits per heavy atom. The van der Waals surface area contributed by atoms with Crippen LogP contribution in [0.25, 0.3) is 0 Å². The zero-order valence-corrected chi connectivity index (χ0v) is 7.73. The van der Waals surface area contributed by atoms with E-state index < -0.39 is 0 Å². The second-order valence-electron chi connectivity index (χ2n) is 2.77. The normalized spacial score (nSPS) is 10.2. The van der Waals surface area contributed by atoms with E-state index in [1.165, 1.54) is 0 Å². The van der Waals surface area contributed by atoms with Gasteiger partial charge in [0.05, 0.1) is 5.02 Å². The quantitative estimate of drug-likeness (QED) is 0.739. The number of aromatic hydroxyl groups is 1. The molecule has 66 valence electrons. The van der Waals surface area contributed by atoms with E-state index in [2.05, 4.69) is 0 Å². The fourth-order valence-corrected chi connectivity index (χ4v) is 1.35. The summed E-state index contributed by atoms with van der Waals surface area (Å²) in [5.41, 5.74) is 7.53. The van der Waals surface area contributed by atoms with E-state index in [9.17, 15) is 5.11 Å². The molecule has 0 unspecified atom stereocenters. The van der Waals surface area contributed by atoms with Crippen molar-refractivity contribution in [2.45, 2.75) is 13.3 Å². The predicted molar refractivity (Wildman–Crippen MR) is 50.6 cm³/mol. The van der Waals surface area contributed by atoms with Crippen molar-refractivity contribution >= 4 is 11.6 Å². The van der Waals surface area contributed by atoms with Crippen LogP contribution in [0.3, 0.4) is 0 Å². The summed E-state index contributed by atoms with van der Waals surface area (Å²) >= 11 is 5.70. The lowest BCUT2D eigenvalue weighted by molar-refractivity contribution is 0.474. The summed E-state index contributed by atoms with van der Waals surface area (Å²) in [4.78, 5) is 0. The number of phenols is 1. The molecule has 2 nitrogen and oxygen atoms in total. The topological polar surface area (TPSA) is 46.2 Å². The second-order valence-corrected chi connectivity index (χ2v) is 3.18. The average Bonchev–Trinajstić information content (AvgIpc) is 2.01. The number of hydrogen-bond acceptors (Lipinski definition) is 2. The van der Waals surface area contributed by atoms with Crippen molar-refractivity contribution in [1.29, 1.82) is 0 Å². The zero-order chi connectivity index (χ0) is 9.14. The van der Waals surface area contributed by atoms with E-state index in [-0.39, 0.29) is 5.75 Å². The van der Waals surface area contributed by atoms with Crippen molar-refractivity contribution in [2.24, 2.45) is 5.73 Å². The molecular formula is C9H12ClNO. The van der Waals surface area contributed by atoms with E-state index in [1.54, 1.807) is 12.1 Å². The van der Waals surface area contributed by atoms with Gasteiger partial charge in [-0.1, -0.05) is 11.6 Å². The molecule has 0 heterocycles. The Kier molecular flexibility index (Phi) is 2.95. The fraction of sp³-hybridized carbons (Fsp3) is 0.333. The van der Waals surface area contributed by atoms with Crippen LogP contribution in [0.15, 0.2) is 12.1 Å². The van der Waals surface area contributed by atoms with Crippen LogP contribution in [0.4, 0.5) is 0 Å². The molecule has 0 saturated heterocycles. The smallest absolute Gasteiger partial charge is 0.134 e. The molecule has 1 rings (SSSR count). The highest BCUT2D eigenvalue weighted by molar-refractivity contribution is 6.32. The van der Waals surface area contributed by atoms with E-state index in [0.717, 1.165) is 17.5 Å². The van der Waals surface area contributed by atoms with Gasteiger partial charge in [0.2, 0.25) is 0 Å². The van der Waals surface area contributed by atoms with Crippen LogP contribution in [-0.4, -0.2) is 11.7 Å². The van der Waals surface area contributed by atoms with E-state index in [1.807, 2.05) is 6.92 Å². The van der Waals surface area contributed by atoms with Gasteiger partial charge < -0.3 is 10.8 Å². The summed E-state index contributed by atoms with van der Waals surface area (Å²) in [6, 6.07) is 3.42. The molecule has 0 spiro atoms. The molecule has 0 amide bonds. The molecule has 0 aliphatic rings. The molecule has 3 heteroatoms. The van der Waals surface area contributed by atoms with E-state index in [0.29, 0.717) is 11.6 Å². The highest BCUT2D eigenvalue weighted by Crippen LogP contribution is 2.26. The molecular weight excluding hydrogens is 174 g/mol. The average molecular weight is 186 g/mol. The maximum absolute atomic E-state index is 9.28. The van der Waals surface area contributed by atoms with Gasteiger partial charge in [-0.2, -0.15) is 0 Å². The summed E-state index contributed by atoms with van der Waals surface area (Å²) in [6.45, 7) is 2.54. The first-order valence-electron chi connectivity index (χ1n) is 3.83. The molecule has 1 aromatic carbocycles. The lowest BCUT2D eigenvalue weighted by Crippen LogP contribution is -2.03. The van der Waals surface area contributed by atoms with Gasteiger partial charge in [-0.3, -0.25) is 0 Å². The minimum atomic E-state index is 0.130. The second kappa shape index (κ2) is 3.78. The number of hydrogen-bond donors (Lipinski definition) is 2. The van der Waals surface area contributed by atoms with Crippen LogP contribution in [-0.2, 0) is 6.42 Å². The maximum Gasteiger partial charge on any atom is 0.134 e. The van der Waals surface area contributed by atoms with Crippen molar-refractivity contribution in [3.05, 3.63) is 28.3 Å². The van der Waals surface area contributed by atoms with Crippen molar-refractivity contribution in [3.8, 4) is 5.75 Å². The fourth-order valence-electron chi connectivity index (χ4n) is 1.13. The highest BCUT2D eigenvalue weighted by Gasteiger charge is 2.03. The first-order valence-corrected chi connectivity index (χ1v) is 4.21. The first kappa shape index (κ1) is 9.36. The van der Waals surface area contributed by atoms with Crippen LogP contribution in [0.2, 0.25) is 5.02 Å². The summed E-state index contributed by atoms with van der Waals surface area (Å²) in [7, 11) is 0. The molecule has 0 radical (unpaired) electrons. The van der Waals surface area contributed by atoms with Gasteiger partial charge in [-0.15, -0.1) is 0 Å². The highest BCUT2D eigenvalue weighted by atomic mass is 35.5. The van der Waals surface area contributed by atoms with Crippen molar-refractivity contribution < 1.29 is 5.11 Å². The number of halogens is 1. The number of benzene rings is 1. The largest absolute Gasteiger partial charge is 0.506 e. The Balaban J connectivity index is 3.05. The predicted octanol–water partition coefficient (Wildman–Crippen LogP) is 1.86. The Bertz CT molecular complexity index is 286. The molecule has 12 heavy (non-hydrogen) atoms. The van der Waals surface area contributed by atoms with Crippen LogP contribution in [0.1, 0.15) is 11.1 Å². The molecule has 0 saturated carbocycles. The van der Waals surface area contributed by atoms with E-state index in [4.69, 9.17) is 17.3 Å². The monoisotopic (exact) mass is 185 g/mol. The maximum atomic E-state index is 9.28.